The van der Waals surface area contributed by atoms with Gasteiger partial charge in [0.25, 0.3) is 0 Å². The Hall–Kier alpha value is -1.02. The predicted octanol–water partition coefficient (Wildman–Crippen LogP) is 3.22. The molecule has 2 heteroatoms. The maximum absolute atomic E-state index is 5.57. The number of rotatable bonds is 7. The average Bonchev–Trinajstić information content (AvgIpc) is 3.10. The third kappa shape index (κ3) is 4.23. The van der Waals surface area contributed by atoms with Crippen LogP contribution in [0.4, 0.5) is 5.69 Å². The molecule has 0 heterocycles. The van der Waals surface area contributed by atoms with E-state index in [1.54, 1.807) is 0 Å². The number of anilines is 1. The molecule has 88 valence electrons. The van der Waals surface area contributed by atoms with E-state index in [-0.39, 0.29) is 0 Å². The third-order valence-corrected chi connectivity index (χ3v) is 2.99. The molecule has 0 bridgehead atoms. The molecule has 1 saturated carbocycles. The summed E-state index contributed by atoms with van der Waals surface area (Å²) < 4.78 is 5.57. The lowest BCUT2D eigenvalue weighted by atomic mass is 10.2. The Morgan fingerprint density at radius 2 is 1.94 bits per heavy atom. The summed E-state index contributed by atoms with van der Waals surface area (Å²) in [5.74, 6) is 0.977. The molecule has 16 heavy (non-hydrogen) atoms. The van der Waals surface area contributed by atoms with Crippen LogP contribution in [-0.2, 0) is 4.74 Å². The largest absolute Gasteiger partial charge is 0.383 e. The van der Waals surface area contributed by atoms with E-state index in [0.29, 0.717) is 0 Å². The van der Waals surface area contributed by atoms with Gasteiger partial charge in [-0.3, -0.25) is 0 Å². The summed E-state index contributed by atoms with van der Waals surface area (Å²) >= 11 is 0. The molecule has 1 aliphatic rings. The Labute approximate surface area is 98.0 Å². The second-order valence-corrected chi connectivity index (χ2v) is 4.64. The second-order valence-electron chi connectivity index (χ2n) is 4.64. The standard InChI is InChI=1S/C14H21NO/c1-12-2-6-14(7-3-12)15-9-11-16-10-8-13-4-5-13/h2-3,6-7,13,15H,4-5,8-11H2,1H3. The van der Waals surface area contributed by atoms with Crippen molar-refractivity contribution in [1.29, 1.82) is 0 Å². The Balaban J connectivity index is 1.51. The molecule has 0 aliphatic heterocycles. The van der Waals surface area contributed by atoms with E-state index in [4.69, 9.17) is 4.74 Å². The molecule has 1 fully saturated rings. The van der Waals surface area contributed by atoms with E-state index in [0.717, 1.165) is 25.7 Å². The van der Waals surface area contributed by atoms with Crippen molar-refractivity contribution >= 4 is 5.69 Å². The molecule has 0 amide bonds. The first-order chi connectivity index (χ1) is 7.84. The summed E-state index contributed by atoms with van der Waals surface area (Å²) in [4.78, 5) is 0. The molecule has 0 spiro atoms. The first-order valence-corrected chi connectivity index (χ1v) is 6.23. The molecule has 1 aliphatic carbocycles. The fraction of sp³-hybridized carbons (Fsp3) is 0.571. The maximum atomic E-state index is 5.57. The Kier molecular flexibility index (Phi) is 4.23. The van der Waals surface area contributed by atoms with Gasteiger partial charge in [0.15, 0.2) is 0 Å². The number of hydrogen-bond acceptors (Lipinski definition) is 2. The number of nitrogens with one attached hydrogen (secondary N) is 1. The van der Waals surface area contributed by atoms with E-state index < -0.39 is 0 Å². The third-order valence-electron chi connectivity index (χ3n) is 2.99. The molecule has 2 nitrogen and oxygen atoms in total. The van der Waals surface area contributed by atoms with Crippen LogP contribution in [0.25, 0.3) is 0 Å². The van der Waals surface area contributed by atoms with E-state index in [1.165, 1.54) is 30.5 Å². The zero-order chi connectivity index (χ0) is 11.2. The van der Waals surface area contributed by atoms with E-state index in [9.17, 15) is 0 Å². The molecular weight excluding hydrogens is 198 g/mol. The van der Waals surface area contributed by atoms with Gasteiger partial charge in [0, 0.05) is 18.8 Å². The second kappa shape index (κ2) is 5.90. The summed E-state index contributed by atoms with van der Waals surface area (Å²) in [6.07, 6.45) is 4.10. The lowest BCUT2D eigenvalue weighted by Crippen LogP contribution is -2.10. The molecule has 1 aromatic carbocycles. The zero-order valence-corrected chi connectivity index (χ0v) is 10.0. The highest BCUT2D eigenvalue weighted by atomic mass is 16.5. The number of ether oxygens (including phenoxy) is 1. The molecule has 0 aromatic heterocycles. The molecule has 0 saturated heterocycles. The number of benzene rings is 1. The van der Waals surface area contributed by atoms with E-state index in [2.05, 4.69) is 36.5 Å². The molecule has 0 atom stereocenters. The minimum absolute atomic E-state index is 0.806. The first kappa shape index (κ1) is 11.5. The van der Waals surface area contributed by atoms with Crippen molar-refractivity contribution in [2.45, 2.75) is 26.2 Å². The number of hydrogen-bond donors (Lipinski definition) is 1. The van der Waals surface area contributed by atoms with Crippen molar-refractivity contribution in [3.63, 3.8) is 0 Å². The predicted molar refractivity (Wildman–Crippen MR) is 67.8 cm³/mol. The van der Waals surface area contributed by atoms with E-state index >= 15 is 0 Å². The Morgan fingerprint density at radius 1 is 1.19 bits per heavy atom. The highest BCUT2D eigenvalue weighted by molar-refractivity contribution is 5.44. The smallest absolute Gasteiger partial charge is 0.0639 e. The summed E-state index contributed by atoms with van der Waals surface area (Å²) in [6.45, 7) is 4.74. The Bertz CT molecular complexity index is 303. The van der Waals surface area contributed by atoms with Crippen molar-refractivity contribution < 1.29 is 4.74 Å². The molecule has 1 N–H and O–H groups in total. The Morgan fingerprint density at radius 3 is 2.62 bits per heavy atom. The normalized spacial score (nSPS) is 15.1. The minimum atomic E-state index is 0.806. The molecule has 2 rings (SSSR count). The van der Waals surface area contributed by atoms with Crippen LogP contribution in [0.3, 0.4) is 0 Å². The van der Waals surface area contributed by atoms with Gasteiger partial charge in [0.2, 0.25) is 0 Å². The van der Waals surface area contributed by atoms with Gasteiger partial charge in [-0.25, -0.2) is 0 Å². The van der Waals surface area contributed by atoms with Crippen LogP contribution in [0.2, 0.25) is 0 Å². The van der Waals surface area contributed by atoms with Crippen molar-refractivity contribution in [3.05, 3.63) is 29.8 Å². The van der Waals surface area contributed by atoms with Crippen LogP contribution in [0.5, 0.6) is 0 Å². The summed E-state index contributed by atoms with van der Waals surface area (Å²) in [6, 6.07) is 8.46. The number of aryl methyl sites for hydroxylation is 1. The van der Waals surface area contributed by atoms with Gasteiger partial charge in [-0.2, -0.15) is 0 Å². The van der Waals surface area contributed by atoms with Crippen molar-refractivity contribution in [1.82, 2.24) is 0 Å². The van der Waals surface area contributed by atoms with Crippen LogP contribution in [-0.4, -0.2) is 19.8 Å². The molecule has 0 unspecified atom stereocenters. The van der Waals surface area contributed by atoms with Crippen LogP contribution in [0, 0.1) is 12.8 Å². The average molecular weight is 219 g/mol. The van der Waals surface area contributed by atoms with Gasteiger partial charge in [-0.1, -0.05) is 30.5 Å². The van der Waals surface area contributed by atoms with Gasteiger partial charge in [0.1, 0.15) is 0 Å². The fourth-order valence-corrected chi connectivity index (χ4v) is 1.70. The van der Waals surface area contributed by atoms with Crippen LogP contribution in [0.15, 0.2) is 24.3 Å². The summed E-state index contributed by atoms with van der Waals surface area (Å²) in [7, 11) is 0. The van der Waals surface area contributed by atoms with Crippen LogP contribution < -0.4 is 5.32 Å². The van der Waals surface area contributed by atoms with Crippen molar-refractivity contribution in [2.75, 3.05) is 25.1 Å². The minimum Gasteiger partial charge on any atom is -0.383 e. The lowest BCUT2D eigenvalue weighted by Gasteiger charge is -2.07. The van der Waals surface area contributed by atoms with Gasteiger partial charge in [-0.15, -0.1) is 0 Å². The highest BCUT2D eigenvalue weighted by Crippen LogP contribution is 2.31. The SMILES string of the molecule is Cc1ccc(NCCOCCC2CC2)cc1. The topological polar surface area (TPSA) is 21.3 Å². The quantitative estimate of drug-likeness (QED) is 0.711. The first-order valence-electron chi connectivity index (χ1n) is 6.23. The fourth-order valence-electron chi connectivity index (χ4n) is 1.70. The maximum Gasteiger partial charge on any atom is 0.0639 e. The summed E-state index contributed by atoms with van der Waals surface area (Å²) in [5, 5.41) is 3.35. The molecular formula is C14H21NO. The highest BCUT2D eigenvalue weighted by Gasteiger charge is 2.20. The lowest BCUT2D eigenvalue weighted by molar-refractivity contribution is 0.137. The van der Waals surface area contributed by atoms with Crippen molar-refractivity contribution in [3.8, 4) is 0 Å². The van der Waals surface area contributed by atoms with Gasteiger partial charge < -0.3 is 10.1 Å². The molecule has 1 aromatic rings. The monoisotopic (exact) mass is 219 g/mol. The van der Waals surface area contributed by atoms with Crippen LogP contribution >= 0.6 is 0 Å². The molecule has 0 radical (unpaired) electrons. The summed E-state index contributed by atoms with van der Waals surface area (Å²) in [5.41, 5.74) is 2.47. The van der Waals surface area contributed by atoms with E-state index in [1.807, 2.05) is 0 Å². The van der Waals surface area contributed by atoms with Crippen molar-refractivity contribution in [2.24, 2.45) is 5.92 Å². The van der Waals surface area contributed by atoms with Gasteiger partial charge >= 0.3 is 0 Å². The van der Waals surface area contributed by atoms with Gasteiger partial charge in [0.05, 0.1) is 6.61 Å². The van der Waals surface area contributed by atoms with Crippen LogP contribution in [0.1, 0.15) is 24.8 Å². The zero-order valence-electron chi connectivity index (χ0n) is 10.0. The van der Waals surface area contributed by atoms with Gasteiger partial charge in [-0.05, 0) is 31.4 Å².